The number of hydrogen-bond acceptors (Lipinski definition) is 3. The summed E-state index contributed by atoms with van der Waals surface area (Å²) in [7, 11) is 0. The second kappa shape index (κ2) is 6.88. The lowest BCUT2D eigenvalue weighted by atomic mass is 9.87. The van der Waals surface area contributed by atoms with E-state index in [0.717, 1.165) is 31.6 Å². The summed E-state index contributed by atoms with van der Waals surface area (Å²) < 4.78 is 0. The quantitative estimate of drug-likeness (QED) is 0.805. The first-order chi connectivity index (χ1) is 8.70. The summed E-state index contributed by atoms with van der Waals surface area (Å²) in [5.41, 5.74) is 0. The predicted molar refractivity (Wildman–Crippen MR) is 75.7 cm³/mol. The minimum Gasteiger partial charge on any atom is -0.392 e. The van der Waals surface area contributed by atoms with E-state index in [1.54, 1.807) is 0 Å². The first-order valence-corrected chi connectivity index (χ1v) is 7.86. The van der Waals surface area contributed by atoms with Crippen molar-refractivity contribution < 1.29 is 5.11 Å². The van der Waals surface area contributed by atoms with Crippen LogP contribution in [0.3, 0.4) is 0 Å². The van der Waals surface area contributed by atoms with Gasteiger partial charge >= 0.3 is 0 Å². The number of hydrogen-bond donors (Lipinski definition) is 2. The van der Waals surface area contributed by atoms with Crippen LogP contribution >= 0.6 is 0 Å². The van der Waals surface area contributed by atoms with Crippen LogP contribution in [0, 0.1) is 5.92 Å². The summed E-state index contributed by atoms with van der Waals surface area (Å²) in [6.07, 6.45) is 7.53. The first kappa shape index (κ1) is 14.3. The van der Waals surface area contributed by atoms with Crippen LogP contribution in [-0.2, 0) is 0 Å². The molecule has 0 aromatic rings. The molecule has 2 rings (SSSR count). The highest BCUT2D eigenvalue weighted by atomic mass is 16.3. The van der Waals surface area contributed by atoms with Gasteiger partial charge in [-0.3, -0.25) is 4.90 Å². The number of rotatable bonds is 4. The Morgan fingerprint density at radius 2 is 1.89 bits per heavy atom. The standard InChI is InChI=1S/C15H30N2O/c1-3-9-16-13-4-6-14(7-5-13)17-10-8-12(2)15(18)11-17/h12-16,18H,3-11H2,1-2H3. The van der Waals surface area contributed by atoms with Crippen LogP contribution < -0.4 is 5.32 Å². The molecule has 3 heteroatoms. The number of piperidine rings is 1. The highest BCUT2D eigenvalue weighted by Gasteiger charge is 2.31. The van der Waals surface area contributed by atoms with Crippen molar-refractivity contribution in [1.29, 1.82) is 0 Å². The highest BCUT2D eigenvalue weighted by molar-refractivity contribution is 4.87. The van der Waals surface area contributed by atoms with E-state index >= 15 is 0 Å². The first-order valence-electron chi connectivity index (χ1n) is 7.86. The van der Waals surface area contributed by atoms with Crippen molar-refractivity contribution in [2.45, 2.75) is 70.6 Å². The minimum absolute atomic E-state index is 0.102. The van der Waals surface area contributed by atoms with E-state index in [4.69, 9.17) is 0 Å². The average Bonchev–Trinajstić information content (AvgIpc) is 2.40. The molecule has 0 amide bonds. The third kappa shape index (κ3) is 3.69. The molecular formula is C15H30N2O. The maximum atomic E-state index is 9.99. The van der Waals surface area contributed by atoms with Gasteiger partial charge in [-0.2, -0.15) is 0 Å². The summed E-state index contributed by atoms with van der Waals surface area (Å²) in [5, 5.41) is 13.6. The lowest BCUT2D eigenvalue weighted by Gasteiger charge is -2.42. The zero-order chi connectivity index (χ0) is 13.0. The fourth-order valence-corrected chi connectivity index (χ4v) is 3.40. The van der Waals surface area contributed by atoms with Crippen LogP contribution in [0.5, 0.6) is 0 Å². The Morgan fingerprint density at radius 1 is 1.17 bits per heavy atom. The Labute approximate surface area is 112 Å². The summed E-state index contributed by atoms with van der Waals surface area (Å²) >= 11 is 0. The van der Waals surface area contributed by atoms with Crippen molar-refractivity contribution in [3.8, 4) is 0 Å². The summed E-state index contributed by atoms with van der Waals surface area (Å²) in [4.78, 5) is 2.54. The van der Waals surface area contributed by atoms with Crippen molar-refractivity contribution in [2.24, 2.45) is 5.92 Å². The van der Waals surface area contributed by atoms with Gasteiger partial charge in [-0.05, 0) is 57.5 Å². The van der Waals surface area contributed by atoms with Gasteiger partial charge in [0.2, 0.25) is 0 Å². The molecular weight excluding hydrogens is 224 g/mol. The molecule has 2 unspecified atom stereocenters. The second-order valence-electron chi connectivity index (χ2n) is 6.29. The van der Waals surface area contributed by atoms with Gasteiger partial charge in [0, 0.05) is 18.6 Å². The Morgan fingerprint density at radius 3 is 2.50 bits per heavy atom. The van der Waals surface area contributed by atoms with Crippen LogP contribution in [0.25, 0.3) is 0 Å². The Kier molecular flexibility index (Phi) is 5.46. The normalized spacial score (nSPS) is 38.8. The topological polar surface area (TPSA) is 35.5 Å². The van der Waals surface area contributed by atoms with Crippen LogP contribution in [0.4, 0.5) is 0 Å². The molecule has 2 N–H and O–H groups in total. The van der Waals surface area contributed by atoms with E-state index in [-0.39, 0.29) is 6.10 Å². The summed E-state index contributed by atoms with van der Waals surface area (Å²) in [5.74, 6) is 0.490. The third-order valence-electron chi connectivity index (χ3n) is 4.85. The highest BCUT2D eigenvalue weighted by Crippen LogP contribution is 2.27. The Hall–Kier alpha value is -0.120. The monoisotopic (exact) mass is 254 g/mol. The van der Waals surface area contributed by atoms with Gasteiger partial charge in [0.1, 0.15) is 0 Å². The minimum atomic E-state index is -0.102. The van der Waals surface area contributed by atoms with E-state index in [2.05, 4.69) is 24.1 Å². The van der Waals surface area contributed by atoms with Gasteiger partial charge < -0.3 is 10.4 Å². The zero-order valence-corrected chi connectivity index (χ0v) is 12.1. The molecule has 0 bridgehead atoms. The van der Waals surface area contributed by atoms with E-state index in [1.807, 2.05) is 0 Å². The van der Waals surface area contributed by atoms with E-state index < -0.39 is 0 Å². The van der Waals surface area contributed by atoms with Crippen molar-refractivity contribution in [1.82, 2.24) is 10.2 Å². The smallest absolute Gasteiger partial charge is 0.0693 e. The van der Waals surface area contributed by atoms with Crippen LogP contribution in [-0.4, -0.2) is 47.8 Å². The molecule has 1 aliphatic carbocycles. The van der Waals surface area contributed by atoms with Crippen LogP contribution in [0.1, 0.15) is 52.4 Å². The van der Waals surface area contributed by atoms with Gasteiger partial charge in [-0.15, -0.1) is 0 Å². The number of likely N-dealkylation sites (tertiary alicyclic amines) is 1. The number of aliphatic hydroxyl groups is 1. The Balaban J connectivity index is 1.72. The molecule has 0 aromatic carbocycles. The summed E-state index contributed by atoms with van der Waals surface area (Å²) in [6, 6.07) is 1.47. The molecule has 1 saturated heterocycles. The average molecular weight is 254 g/mol. The molecule has 1 aliphatic heterocycles. The fourth-order valence-electron chi connectivity index (χ4n) is 3.40. The number of nitrogens with one attached hydrogen (secondary N) is 1. The van der Waals surface area contributed by atoms with Gasteiger partial charge in [-0.25, -0.2) is 0 Å². The van der Waals surface area contributed by atoms with E-state index in [0.29, 0.717) is 5.92 Å². The lowest BCUT2D eigenvalue weighted by Crippen LogP contribution is -2.50. The number of nitrogens with zero attached hydrogens (tertiary/aromatic N) is 1. The lowest BCUT2D eigenvalue weighted by molar-refractivity contribution is 0.000870. The van der Waals surface area contributed by atoms with Gasteiger partial charge in [0.15, 0.2) is 0 Å². The van der Waals surface area contributed by atoms with Gasteiger partial charge in [0.25, 0.3) is 0 Å². The maximum Gasteiger partial charge on any atom is 0.0693 e. The molecule has 2 fully saturated rings. The Bertz CT molecular complexity index is 239. The molecule has 2 atom stereocenters. The largest absolute Gasteiger partial charge is 0.392 e. The van der Waals surface area contributed by atoms with Crippen molar-refractivity contribution in [3.63, 3.8) is 0 Å². The fraction of sp³-hybridized carbons (Fsp3) is 1.00. The van der Waals surface area contributed by atoms with Gasteiger partial charge in [-0.1, -0.05) is 13.8 Å². The molecule has 2 aliphatic rings. The summed E-state index contributed by atoms with van der Waals surface area (Å²) in [6.45, 7) is 7.66. The molecule has 0 aromatic heterocycles. The van der Waals surface area contributed by atoms with E-state index in [1.165, 1.54) is 38.6 Å². The van der Waals surface area contributed by atoms with Crippen LogP contribution in [0.15, 0.2) is 0 Å². The number of β-amino-alcohol motifs (C(OH)–C–C–N with tert-alkyl or cyclic N) is 1. The molecule has 1 saturated carbocycles. The third-order valence-corrected chi connectivity index (χ3v) is 4.85. The predicted octanol–water partition coefficient (Wildman–Crippen LogP) is 2.00. The zero-order valence-electron chi connectivity index (χ0n) is 12.1. The molecule has 0 radical (unpaired) electrons. The van der Waals surface area contributed by atoms with Crippen LogP contribution in [0.2, 0.25) is 0 Å². The maximum absolute atomic E-state index is 9.99. The number of aliphatic hydroxyl groups excluding tert-OH is 1. The molecule has 18 heavy (non-hydrogen) atoms. The van der Waals surface area contributed by atoms with Crippen molar-refractivity contribution in [2.75, 3.05) is 19.6 Å². The van der Waals surface area contributed by atoms with Gasteiger partial charge in [0.05, 0.1) is 6.10 Å². The molecule has 106 valence electrons. The SMILES string of the molecule is CCCNC1CCC(N2CCC(C)C(O)C2)CC1. The molecule has 1 heterocycles. The van der Waals surface area contributed by atoms with Crippen molar-refractivity contribution >= 4 is 0 Å². The molecule has 0 spiro atoms. The van der Waals surface area contributed by atoms with E-state index in [9.17, 15) is 5.11 Å². The molecule has 3 nitrogen and oxygen atoms in total. The van der Waals surface area contributed by atoms with Crippen molar-refractivity contribution in [3.05, 3.63) is 0 Å². The second-order valence-corrected chi connectivity index (χ2v) is 6.29.